The van der Waals surface area contributed by atoms with Crippen molar-refractivity contribution in [3.63, 3.8) is 0 Å². The quantitative estimate of drug-likeness (QED) is 0.708. The smallest absolute Gasteiger partial charge is 0.151 e. The molecule has 150 valence electrons. The third-order valence-corrected chi connectivity index (χ3v) is 6.36. The van der Waals surface area contributed by atoms with Gasteiger partial charge >= 0.3 is 0 Å². The van der Waals surface area contributed by atoms with Crippen molar-refractivity contribution in [2.75, 3.05) is 18.5 Å². The average Bonchev–Trinajstić information content (AvgIpc) is 3.43. The maximum atomic E-state index is 15.0. The van der Waals surface area contributed by atoms with E-state index >= 15 is 0 Å². The largest absolute Gasteiger partial charge is 0.507 e. The third-order valence-electron chi connectivity index (χ3n) is 6.36. The molecule has 2 bridgehead atoms. The molecule has 2 N–H and O–H groups in total. The molecule has 7 nitrogen and oxygen atoms in total. The van der Waals surface area contributed by atoms with Crippen molar-refractivity contribution in [2.24, 2.45) is 5.92 Å². The molecule has 1 aromatic carbocycles. The molecule has 0 radical (unpaired) electrons. The van der Waals surface area contributed by atoms with Gasteiger partial charge in [0.15, 0.2) is 5.82 Å². The fraction of sp³-hybridized carbons (Fsp3) is 0.381. The SMILES string of the molecule is CN(c1ccc(-c2ccc(-n3ccnc3)cc2O)nn1)[C@H]1[C@@H]2CN[C@@](C)(C2)[C@@H]1F. The van der Waals surface area contributed by atoms with E-state index in [9.17, 15) is 9.50 Å². The van der Waals surface area contributed by atoms with Gasteiger partial charge < -0.3 is 19.9 Å². The van der Waals surface area contributed by atoms with Crippen LogP contribution in [0.2, 0.25) is 0 Å². The van der Waals surface area contributed by atoms with Gasteiger partial charge in [0.1, 0.15) is 11.9 Å². The van der Waals surface area contributed by atoms with Crippen LogP contribution < -0.4 is 10.2 Å². The van der Waals surface area contributed by atoms with Gasteiger partial charge in [-0.05, 0) is 43.5 Å². The van der Waals surface area contributed by atoms with Gasteiger partial charge in [-0.25, -0.2) is 9.37 Å². The summed E-state index contributed by atoms with van der Waals surface area (Å²) in [6.45, 7) is 2.78. The molecule has 8 heteroatoms. The molecule has 4 atom stereocenters. The number of nitrogens with zero attached hydrogens (tertiary/aromatic N) is 5. The monoisotopic (exact) mass is 394 g/mol. The van der Waals surface area contributed by atoms with Crippen LogP contribution in [0.4, 0.5) is 10.2 Å². The number of alkyl halides is 1. The predicted octanol–water partition coefficient (Wildman–Crippen LogP) is 2.56. The lowest BCUT2D eigenvalue weighted by molar-refractivity contribution is 0.163. The van der Waals surface area contributed by atoms with E-state index in [-0.39, 0.29) is 17.7 Å². The zero-order valence-corrected chi connectivity index (χ0v) is 16.3. The number of phenols is 1. The number of hydrogen-bond donors (Lipinski definition) is 2. The van der Waals surface area contributed by atoms with Crippen molar-refractivity contribution in [3.8, 4) is 22.7 Å². The summed E-state index contributed by atoms with van der Waals surface area (Å²) in [7, 11) is 1.88. The fourth-order valence-corrected chi connectivity index (χ4v) is 4.75. The number of aromatic hydroxyl groups is 1. The maximum Gasteiger partial charge on any atom is 0.151 e. The van der Waals surface area contributed by atoms with E-state index in [1.165, 1.54) is 0 Å². The van der Waals surface area contributed by atoms with Crippen LogP contribution in [0, 0.1) is 5.92 Å². The summed E-state index contributed by atoms with van der Waals surface area (Å²) in [5.41, 5.74) is 1.52. The van der Waals surface area contributed by atoms with Gasteiger partial charge in [0.05, 0.1) is 23.8 Å². The number of imidazole rings is 1. The van der Waals surface area contributed by atoms with E-state index in [0.29, 0.717) is 17.1 Å². The molecule has 0 amide bonds. The minimum atomic E-state index is -0.951. The van der Waals surface area contributed by atoms with Gasteiger partial charge in [-0.2, -0.15) is 0 Å². The van der Waals surface area contributed by atoms with Crippen LogP contribution in [0.3, 0.4) is 0 Å². The van der Waals surface area contributed by atoms with Crippen molar-refractivity contribution in [3.05, 3.63) is 49.1 Å². The number of anilines is 1. The Hall–Kier alpha value is -3.00. The Kier molecular flexibility index (Phi) is 4.06. The molecule has 1 saturated heterocycles. The summed E-state index contributed by atoms with van der Waals surface area (Å²) in [4.78, 5) is 5.92. The highest BCUT2D eigenvalue weighted by atomic mass is 19.1. The van der Waals surface area contributed by atoms with E-state index in [2.05, 4.69) is 20.5 Å². The van der Waals surface area contributed by atoms with Gasteiger partial charge in [-0.3, -0.25) is 0 Å². The summed E-state index contributed by atoms with van der Waals surface area (Å²) in [6, 6.07) is 8.79. The van der Waals surface area contributed by atoms with Gasteiger partial charge in [-0.1, -0.05) is 0 Å². The predicted molar refractivity (Wildman–Crippen MR) is 108 cm³/mol. The number of nitrogens with one attached hydrogen (secondary N) is 1. The Bertz CT molecular complexity index is 1020. The summed E-state index contributed by atoms with van der Waals surface area (Å²) >= 11 is 0. The van der Waals surface area contributed by atoms with Crippen LogP contribution in [0.1, 0.15) is 13.3 Å². The minimum Gasteiger partial charge on any atom is -0.507 e. The average molecular weight is 394 g/mol. The number of rotatable bonds is 4. The molecule has 29 heavy (non-hydrogen) atoms. The first-order valence-electron chi connectivity index (χ1n) is 9.74. The lowest BCUT2D eigenvalue weighted by Crippen LogP contribution is -2.56. The molecule has 1 aliphatic carbocycles. The second kappa shape index (κ2) is 6.52. The zero-order valence-electron chi connectivity index (χ0n) is 16.3. The second-order valence-electron chi connectivity index (χ2n) is 8.21. The summed E-state index contributed by atoms with van der Waals surface area (Å²) in [5, 5.41) is 22.4. The molecule has 5 rings (SSSR count). The third kappa shape index (κ3) is 2.86. The minimum absolute atomic E-state index is 0.113. The van der Waals surface area contributed by atoms with Crippen LogP contribution >= 0.6 is 0 Å². The molecule has 2 aliphatic rings. The number of piperidine rings is 1. The fourth-order valence-electron chi connectivity index (χ4n) is 4.75. The van der Waals surface area contributed by atoms with Crippen LogP contribution in [-0.2, 0) is 0 Å². The Morgan fingerprint density at radius 3 is 2.76 bits per heavy atom. The lowest BCUT2D eigenvalue weighted by Gasteiger charge is -2.37. The van der Waals surface area contributed by atoms with Gasteiger partial charge in [0, 0.05) is 43.2 Å². The van der Waals surface area contributed by atoms with Crippen LogP contribution in [0.25, 0.3) is 16.9 Å². The van der Waals surface area contributed by atoms with E-state index in [4.69, 9.17) is 0 Å². The highest BCUT2D eigenvalue weighted by molar-refractivity contribution is 5.69. The first-order chi connectivity index (χ1) is 14.0. The molecule has 1 aliphatic heterocycles. The topological polar surface area (TPSA) is 79.1 Å². The Morgan fingerprint density at radius 1 is 1.28 bits per heavy atom. The summed E-state index contributed by atoms with van der Waals surface area (Å²) in [6.07, 6.45) is 5.05. The molecule has 2 fully saturated rings. The van der Waals surface area contributed by atoms with E-state index in [1.54, 1.807) is 24.7 Å². The molecule has 2 aromatic heterocycles. The Morgan fingerprint density at radius 2 is 2.14 bits per heavy atom. The number of phenolic OH excluding ortho intramolecular Hbond substituents is 1. The standard InChI is InChI=1S/C21H23FN6O/c1-21-10-13(11-24-21)19(20(21)22)27(2)18-6-5-16(25-26-18)15-4-3-14(9-17(15)29)28-8-7-23-12-28/h3-9,12-13,19-20,24,29H,10-11H2,1-2H3/t13-,19-,20+,21-/m0/s1. The summed E-state index contributed by atoms with van der Waals surface area (Å²) in [5.74, 6) is 1.01. The molecule has 0 spiro atoms. The number of fused-ring (bicyclic) bond motifs is 2. The highest BCUT2D eigenvalue weighted by Gasteiger charge is 2.57. The molecule has 3 aromatic rings. The number of aromatic nitrogens is 4. The molecule has 1 saturated carbocycles. The van der Waals surface area contributed by atoms with Crippen LogP contribution in [0.15, 0.2) is 49.1 Å². The second-order valence-corrected chi connectivity index (χ2v) is 8.21. The Balaban J connectivity index is 1.38. The van der Waals surface area contributed by atoms with Gasteiger partial charge in [0.25, 0.3) is 0 Å². The first-order valence-corrected chi connectivity index (χ1v) is 9.74. The first kappa shape index (κ1) is 18.1. The van der Waals surface area contributed by atoms with Crippen molar-refractivity contribution < 1.29 is 9.50 Å². The number of hydrogen-bond acceptors (Lipinski definition) is 6. The zero-order chi connectivity index (χ0) is 20.2. The van der Waals surface area contributed by atoms with Crippen molar-refractivity contribution in [1.29, 1.82) is 0 Å². The molecular formula is C21H23FN6O. The van der Waals surface area contributed by atoms with Crippen molar-refractivity contribution in [1.82, 2.24) is 25.1 Å². The van der Waals surface area contributed by atoms with E-state index < -0.39 is 11.7 Å². The van der Waals surface area contributed by atoms with E-state index in [1.807, 2.05) is 47.8 Å². The number of benzene rings is 1. The van der Waals surface area contributed by atoms with Crippen LogP contribution in [-0.4, -0.2) is 56.2 Å². The van der Waals surface area contributed by atoms with Crippen molar-refractivity contribution >= 4 is 5.82 Å². The highest BCUT2D eigenvalue weighted by Crippen LogP contribution is 2.44. The molecular weight excluding hydrogens is 371 g/mol. The lowest BCUT2D eigenvalue weighted by atomic mass is 9.96. The number of halogens is 1. The maximum absolute atomic E-state index is 15.0. The molecule has 3 heterocycles. The van der Waals surface area contributed by atoms with Gasteiger partial charge in [-0.15, -0.1) is 10.2 Å². The van der Waals surface area contributed by atoms with Crippen LogP contribution in [0.5, 0.6) is 5.75 Å². The van der Waals surface area contributed by atoms with Crippen molar-refractivity contribution in [2.45, 2.75) is 31.1 Å². The normalized spacial score (nSPS) is 28.0. The molecule has 0 unspecified atom stereocenters. The van der Waals surface area contributed by atoms with E-state index in [0.717, 1.165) is 18.7 Å². The Labute approximate surface area is 168 Å². The van der Waals surface area contributed by atoms with Gasteiger partial charge in [0.2, 0.25) is 0 Å². The summed E-state index contributed by atoms with van der Waals surface area (Å²) < 4.78 is 16.8.